The Labute approximate surface area is 161 Å². The summed E-state index contributed by atoms with van der Waals surface area (Å²) in [4.78, 5) is 29.8. The molecular formula is C21H19N5O2. The molecule has 0 aliphatic rings. The zero-order valence-electron chi connectivity index (χ0n) is 15.6. The van der Waals surface area contributed by atoms with Crippen LogP contribution in [-0.2, 0) is 13.6 Å². The van der Waals surface area contributed by atoms with Crippen molar-refractivity contribution in [1.29, 1.82) is 0 Å². The van der Waals surface area contributed by atoms with Gasteiger partial charge in [-0.15, -0.1) is 0 Å². The summed E-state index contributed by atoms with van der Waals surface area (Å²) in [6.45, 7) is 2.06. The number of benzene rings is 2. The second-order valence-corrected chi connectivity index (χ2v) is 6.66. The Bertz CT molecular complexity index is 1220. The average Bonchev–Trinajstić information content (AvgIpc) is 3.18. The Morgan fingerprint density at radius 1 is 1.18 bits per heavy atom. The van der Waals surface area contributed by atoms with E-state index in [9.17, 15) is 9.59 Å². The number of aromatic nitrogens is 4. The molecule has 0 saturated carbocycles. The Morgan fingerprint density at radius 2 is 1.96 bits per heavy atom. The van der Waals surface area contributed by atoms with Gasteiger partial charge in [0.1, 0.15) is 11.4 Å². The molecule has 140 valence electrons. The maximum absolute atomic E-state index is 12.8. The number of hydrogen-bond acceptors (Lipinski definition) is 4. The van der Waals surface area contributed by atoms with E-state index in [2.05, 4.69) is 20.5 Å². The van der Waals surface area contributed by atoms with E-state index in [-0.39, 0.29) is 17.5 Å². The van der Waals surface area contributed by atoms with Crippen molar-refractivity contribution in [2.24, 2.45) is 7.05 Å². The van der Waals surface area contributed by atoms with Crippen LogP contribution in [0.3, 0.4) is 0 Å². The highest BCUT2D eigenvalue weighted by Crippen LogP contribution is 2.14. The standard InChI is InChI=1S/C21H19N5O2/c1-13-8-9-17-15(10-13)19(27)16(12-26(17)2)21(28)22-11-18-23-20(25-24-18)14-6-4-3-5-7-14/h3-10,12H,11H2,1-2H3,(H,22,28)(H,23,24,25). The normalized spacial score (nSPS) is 10.9. The highest BCUT2D eigenvalue weighted by atomic mass is 16.2. The number of rotatable bonds is 4. The summed E-state index contributed by atoms with van der Waals surface area (Å²) in [5, 5.41) is 10.3. The predicted octanol–water partition coefficient (Wildman–Crippen LogP) is 2.56. The number of fused-ring (bicyclic) bond motifs is 1. The second-order valence-electron chi connectivity index (χ2n) is 6.66. The van der Waals surface area contributed by atoms with Gasteiger partial charge in [-0.2, -0.15) is 5.10 Å². The molecule has 7 heteroatoms. The summed E-state index contributed by atoms with van der Waals surface area (Å²) in [5.74, 6) is 0.629. The highest BCUT2D eigenvalue weighted by Gasteiger charge is 2.15. The van der Waals surface area contributed by atoms with Crippen LogP contribution in [0.15, 0.2) is 59.5 Å². The van der Waals surface area contributed by atoms with E-state index in [0.717, 1.165) is 16.6 Å². The molecule has 0 radical (unpaired) electrons. The summed E-state index contributed by atoms with van der Waals surface area (Å²) in [7, 11) is 1.82. The number of carbonyl (C=O) groups is 1. The molecule has 0 bridgehead atoms. The van der Waals surface area contributed by atoms with Crippen LogP contribution in [0.25, 0.3) is 22.3 Å². The van der Waals surface area contributed by atoms with Gasteiger partial charge in [-0.25, -0.2) is 4.98 Å². The molecular weight excluding hydrogens is 354 g/mol. The lowest BCUT2D eigenvalue weighted by molar-refractivity contribution is 0.0948. The second kappa shape index (κ2) is 7.11. The van der Waals surface area contributed by atoms with E-state index in [0.29, 0.717) is 17.0 Å². The van der Waals surface area contributed by atoms with Crippen molar-refractivity contribution >= 4 is 16.8 Å². The van der Waals surface area contributed by atoms with Gasteiger partial charge in [-0.05, 0) is 19.1 Å². The van der Waals surface area contributed by atoms with Crippen LogP contribution in [0.1, 0.15) is 21.7 Å². The summed E-state index contributed by atoms with van der Waals surface area (Å²) in [6, 6.07) is 15.2. The molecule has 2 aromatic carbocycles. The van der Waals surface area contributed by atoms with Crippen LogP contribution in [0, 0.1) is 6.92 Å². The van der Waals surface area contributed by atoms with Crippen LogP contribution in [-0.4, -0.2) is 25.7 Å². The molecule has 4 rings (SSSR count). The number of aryl methyl sites for hydroxylation is 2. The van der Waals surface area contributed by atoms with Crippen LogP contribution in [0.4, 0.5) is 0 Å². The molecule has 0 unspecified atom stereocenters. The fourth-order valence-electron chi connectivity index (χ4n) is 3.12. The third-order valence-electron chi connectivity index (χ3n) is 4.57. The fourth-order valence-corrected chi connectivity index (χ4v) is 3.12. The SMILES string of the molecule is Cc1ccc2c(c1)c(=O)c(C(=O)NCc1nc(-c3ccccc3)n[nH]1)cn2C. The average molecular weight is 373 g/mol. The molecule has 0 aliphatic heterocycles. The van der Waals surface area contributed by atoms with E-state index < -0.39 is 5.91 Å². The lowest BCUT2D eigenvalue weighted by atomic mass is 10.1. The fraction of sp³-hybridized carbons (Fsp3) is 0.143. The van der Waals surface area contributed by atoms with Crippen molar-refractivity contribution in [3.8, 4) is 11.4 Å². The molecule has 0 atom stereocenters. The van der Waals surface area contributed by atoms with Gasteiger partial charge < -0.3 is 9.88 Å². The largest absolute Gasteiger partial charge is 0.350 e. The number of amides is 1. The molecule has 28 heavy (non-hydrogen) atoms. The molecule has 4 aromatic rings. The maximum atomic E-state index is 12.8. The van der Waals surface area contributed by atoms with Gasteiger partial charge in [-0.3, -0.25) is 14.7 Å². The van der Waals surface area contributed by atoms with Gasteiger partial charge in [0.2, 0.25) is 5.43 Å². The number of carbonyl (C=O) groups excluding carboxylic acids is 1. The molecule has 0 fully saturated rings. The number of pyridine rings is 1. The van der Waals surface area contributed by atoms with Gasteiger partial charge in [0.15, 0.2) is 5.82 Å². The number of nitrogens with one attached hydrogen (secondary N) is 2. The van der Waals surface area contributed by atoms with Crippen molar-refractivity contribution in [3.63, 3.8) is 0 Å². The number of aromatic amines is 1. The zero-order chi connectivity index (χ0) is 19.7. The number of hydrogen-bond donors (Lipinski definition) is 2. The molecule has 2 heterocycles. The lowest BCUT2D eigenvalue weighted by Gasteiger charge is -2.09. The maximum Gasteiger partial charge on any atom is 0.257 e. The third kappa shape index (κ3) is 3.29. The molecule has 1 amide bonds. The molecule has 0 saturated heterocycles. The Hall–Kier alpha value is -3.74. The monoisotopic (exact) mass is 373 g/mol. The quantitative estimate of drug-likeness (QED) is 0.575. The van der Waals surface area contributed by atoms with Crippen molar-refractivity contribution in [1.82, 2.24) is 25.1 Å². The summed E-state index contributed by atoms with van der Waals surface area (Å²) in [5.41, 5.74) is 2.46. The minimum absolute atomic E-state index is 0.100. The van der Waals surface area contributed by atoms with Crippen molar-refractivity contribution in [2.75, 3.05) is 0 Å². The minimum Gasteiger partial charge on any atom is -0.350 e. The first-order chi connectivity index (χ1) is 13.5. The minimum atomic E-state index is -0.443. The van der Waals surface area contributed by atoms with Crippen molar-refractivity contribution < 1.29 is 4.79 Å². The summed E-state index contributed by atoms with van der Waals surface area (Å²) < 4.78 is 1.78. The Kier molecular flexibility index (Phi) is 4.49. The Balaban J connectivity index is 1.56. The predicted molar refractivity (Wildman–Crippen MR) is 107 cm³/mol. The van der Waals surface area contributed by atoms with Gasteiger partial charge >= 0.3 is 0 Å². The van der Waals surface area contributed by atoms with E-state index in [1.807, 2.05) is 56.4 Å². The number of H-pyrrole nitrogens is 1. The first-order valence-electron chi connectivity index (χ1n) is 8.88. The highest BCUT2D eigenvalue weighted by molar-refractivity contribution is 5.97. The Morgan fingerprint density at radius 3 is 2.75 bits per heavy atom. The van der Waals surface area contributed by atoms with Crippen LogP contribution in [0.5, 0.6) is 0 Å². The zero-order valence-corrected chi connectivity index (χ0v) is 15.6. The molecule has 0 aliphatic carbocycles. The van der Waals surface area contributed by atoms with Crippen molar-refractivity contribution in [2.45, 2.75) is 13.5 Å². The van der Waals surface area contributed by atoms with E-state index in [1.54, 1.807) is 16.8 Å². The lowest BCUT2D eigenvalue weighted by Crippen LogP contribution is -2.29. The first kappa shape index (κ1) is 17.7. The van der Waals surface area contributed by atoms with E-state index >= 15 is 0 Å². The van der Waals surface area contributed by atoms with Crippen molar-refractivity contribution in [3.05, 3.63) is 81.9 Å². The molecule has 0 spiro atoms. The summed E-state index contributed by atoms with van der Waals surface area (Å²) >= 11 is 0. The first-order valence-corrected chi connectivity index (χ1v) is 8.88. The molecule has 7 nitrogen and oxygen atoms in total. The van der Waals surface area contributed by atoms with Gasteiger partial charge in [0, 0.05) is 24.2 Å². The van der Waals surface area contributed by atoms with E-state index in [4.69, 9.17) is 0 Å². The third-order valence-corrected chi connectivity index (χ3v) is 4.57. The summed E-state index contributed by atoms with van der Waals surface area (Å²) in [6.07, 6.45) is 1.56. The molecule has 2 aromatic heterocycles. The van der Waals surface area contributed by atoms with Crippen LogP contribution < -0.4 is 10.7 Å². The van der Waals surface area contributed by atoms with Crippen LogP contribution >= 0.6 is 0 Å². The van der Waals surface area contributed by atoms with Crippen LogP contribution in [0.2, 0.25) is 0 Å². The van der Waals surface area contributed by atoms with Gasteiger partial charge in [0.05, 0.1) is 12.1 Å². The topological polar surface area (TPSA) is 92.7 Å². The molecule has 2 N–H and O–H groups in total. The van der Waals surface area contributed by atoms with Gasteiger partial charge in [-0.1, -0.05) is 42.0 Å². The van der Waals surface area contributed by atoms with E-state index in [1.165, 1.54) is 0 Å². The smallest absolute Gasteiger partial charge is 0.257 e. The number of nitrogens with zero attached hydrogens (tertiary/aromatic N) is 3. The van der Waals surface area contributed by atoms with Gasteiger partial charge in [0.25, 0.3) is 5.91 Å².